The van der Waals surface area contributed by atoms with Crippen LogP contribution in [0, 0.1) is 0 Å². The molecule has 1 aliphatic heterocycles. The molecule has 2 heterocycles. The van der Waals surface area contributed by atoms with Gasteiger partial charge in [0.05, 0.1) is 11.1 Å². The van der Waals surface area contributed by atoms with Gasteiger partial charge in [-0.2, -0.15) is 0 Å². The van der Waals surface area contributed by atoms with Gasteiger partial charge in [0.15, 0.2) is 0 Å². The molecule has 1 aromatic heterocycles. The number of rotatable bonds is 2. The van der Waals surface area contributed by atoms with Crippen LogP contribution in [0.15, 0.2) is 24.4 Å². The molecule has 0 radical (unpaired) electrons. The average Bonchev–Trinajstić information content (AvgIpc) is 2.96. The van der Waals surface area contributed by atoms with Crippen LogP contribution in [0.3, 0.4) is 0 Å². The number of benzene rings is 1. The average molecular weight is 281 g/mol. The number of hydrogen-bond donors (Lipinski definition) is 3. The highest BCUT2D eigenvalue weighted by Gasteiger charge is 2.43. The molecule has 0 bridgehead atoms. The van der Waals surface area contributed by atoms with Gasteiger partial charge in [0.2, 0.25) is 5.79 Å². The van der Waals surface area contributed by atoms with E-state index in [0.717, 1.165) is 24.9 Å². The van der Waals surface area contributed by atoms with E-state index in [1.165, 1.54) is 0 Å². The highest BCUT2D eigenvalue weighted by atomic mass is 35.5. The van der Waals surface area contributed by atoms with E-state index in [2.05, 4.69) is 4.98 Å². The number of aliphatic hydroxyl groups is 2. The van der Waals surface area contributed by atoms with E-state index < -0.39 is 5.79 Å². The van der Waals surface area contributed by atoms with Crippen molar-refractivity contribution in [3.8, 4) is 0 Å². The molecule has 3 rings (SSSR count). The van der Waals surface area contributed by atoms with Gasteiger partial charge >= 0.3 is 0 Å². The van der Waals surface area contributed by atoms with E-state index in [9.17, 15) is 10.2 Å². The topological polar surface area (TPSA) is 59.5 Å². The number of likely N-dealkylation sites (tertiary alicyclic amines) is 1. The molecule has 1 unspecified atom stereocenters. The van der Waals surface area contributed by atoms with Crippen LogP contribution in [0.1, 0.15) is 18.4 Å². The van der Waals surface area contributed by atoms with E-state index in [1.54, 1.807) is 12.3 Å². The number of fused-ring (bicyclic) bond motifs is 1. The zero-order valence-electron chi connectivity index (χ0n) is 10.7. The highest BCUT2D eigenvalue weighted by Crippen LogP contribution is 2.38. The van der Waals surface area contributed by atoms with Gasteiger partial charge < -0.3 is 15.2 Å². The van der Waals surface area contributed by atoms with Crippen LogP contribution in [0.5, 0.6) is 0 Å². The fourth-order valence-corrected chi connectivity index (χ4v) is 3.31. The van der Waals surface area contributed by atoms with Crippen LogP contribution in [-0.4, -0.2) is 39.7 Å². The number of hydrogen-bond acceptors (Lipinski definition) is 3. The van der Waals surface area contributed by atoms with Crippen molar-refractivity contribution in [2.24, 2.45) is 0 Å². The van der Waals surface area contributed by atoms with Gasteiger partial charge in [-0.05, 0) is 38.6 Å². The standard InChI is InChI=1S/C14H17ClN2O2/c1-17-7-3-6-12(17)14(18,19)9-8-16-11-5-2-4-10(15)13(9)11/h2,4-5,8,12,16,18-19H,3,6-7H2,1H3. The van der Waals surface area contributed by atoms with Crippen LogP contribution in [0.4, 0.5) is 0 Å². The number of aromatic nitrogens is 1. The van der Waals surface area contributed by atoms with Gasteiger partial charge in [0.1, 0.15) is 0 Å². The smallest absolute Gasteiger partial charge is 0.208 e. The van der Waals surface area contributed by atoms with Gasteiger partial charge in [-0.1, -0.05) is 17.7 Å². The molecule has 2 aromatic rings. The second kappa shape index (κ2) is 4.49. The van der Waals surface area contributed by atoms with Gasteiger partial charge in [-0.15, -0.1) is 0 Å². The molecule has 1 aromatic carbocycles. The Morgan fingerprint density at radius 3 is 2.89 bits per heavy atom. The Balaban J connectivity index is 2.13. The Kier molecular flexibility index (Phi) is 3.06. The number of H-pyrrole nitrogens is 1. The molecule has 4 nitrogen and oxygen atoms in total. The lowest BCUT2D eigenvalue weighted by Gasteiger charge is -2.33. The predicted molar refractivity (Wildman–Crippen MR) is 75.1 cm³/mol. The van der Waals surface area contributed by atoms with Crippen LogP contribution in [0.2, 0.25) is 5.02 Å². The molecule has 1 atom stereocenters. The van der Waals surface area contributed by atoms with Crippen molar-refractivity contribution in [1.82, 2.24) is 9.88 Å². The summed E-state index contributed by atoms with van der Waals surface area (Å²) in [4.78, 5) is 5.03. The van der Waals surface area contributed by atoms with Crippen molar-refractivity contribution >= 4 is 22.5 Å². The van der Waals surface area contributed by atoms with Crippen molar-refractivity contribution in [2.75, 3.05) is 13.6 Å². The monoisotopic (exact) mass is 280 g/mol. The fourth-order valence-electron chi connectivity index (χ4n) is 3.03. The number of nitrogens with zero attached hydrogens (tertiary/aromatic N) is 1. The van der Waals surface area contributed by atoms with Crippen LogP contribution >= 0.6 is 11.6 Å². The first-order valence-electron chi connectivity index (χ1n) is 6.43. The molecule has 0 saturated carbocycles. The Labute approximate surface area is 116 Å². The van der Waals surface area contributed by atoms with Crippen LogP contribution in [0.25, 0.3) is 10.9 Å². The maximum atomic E-state index is 10.6. The van der Waals surface area contributed by atoms with E-state index in [-0.39, 0.29) is 6.04 Å². The lowest BCUT2D eigenvalue weighted by molar-refractivity contribution is -0.206. The highest BCUT2D eigenvalue weighted by molar-refractivity contribution is 6.35. The van der Waals surface area contributed by atoms with Gasteiger partial charge in [-0.25, -0.2) is 0 Å². The molecule has 1 aliphatic rings. The molecule has 0 amide bonds. The summed E-state index contributed by atoms with van der Waals surface area (Å²) in [7, 11) is 1.91. The van der Waals surface area contributed by atoms with Crippen molar-refractivity contribution < 1.29 is 10.2 Å². The van der Waals surface area contributed by atoms with E-state index in [1.807, 2.05) is 24.1 Å². The molecule has 19 heavy (non-hydrogen) atoms. The molecule has 0 spiro atoms. The van der Waals surface area contributed by atoms with E-state index in [0.29, 0.717) is 16.0 Å². The Morgan fingerprint density at radius 2 is 2.21 bits per heavy atom. The van der Waals surface area contributed by atoms with Crippen LogP contribution in [-0.2, 0) is 5.79 Å². The Hall–Kier alpha value is -1.07. The van der Waals surface area contributed by atoms with Crippen molar-refractivity contribution in [1.29, 1.82) is 0 Å². The molecule has 1 fully saturated rings. The molecule has 3 N–H and O–H groups in total. The van der Waals surface area contributed by atoms with Crippen LogP contribution < -0.4 is 0 Å². The fraction of sp³-hybridized carbons (Fsp3) is 0.429. The largest absolute Gasteiger partial charge is 0.361 e. The van der Waals surface area contributed by atoms with Gasteiger partial charge in [0.25, 0.3) is 0 Å². The summed E-state index contributed by atoms with van der Waals surface area (Å²) >= 11 is 6.20. The second-order valence-corrected chi connectivity index (χ2v) is 5.64. The maximum Gasteiger partial charge on any atom is 0.208 e. The summed E-state index contributed by atoms with van der Waals surface area (Å²) in [5.74, 6) is -1.89. The van der Waals surface area contributed by atoms with Crippen molar-refractivity contribution in [3.05, 3.63) is 35.0 Å². The lowest BCUT2D eigenvalue weighted by atomic mass is 9.96. The first kappa shape index (κ1) is 12.9. The van der Waals surface area contributed by atoms with E-state index in [4.69, 9.17) is 11.6 Å². The van der Waals surface area contributed by atoms with Crippen molar-refractivity contribution in [3.63, 3.8) is 0 Å². The minimum absolute atomic E-state index is 0.303. The van der Waals surface area contributed by atoms with Gasteiger partial charge in [0, 0.05) is 22.7 Å². The Morgan fingerprint density at radius 1 is 1.42 bits per heavy atom. The Bertz CT molecular complexity index is 609. The summed E-state index contributed by atoms with van der Waals surface area (Å²) in [6.07, 6.45) is 3.38. The third kappa shape index (κ3) is 1.96. The summed E-state index contributed by atoms with van der Waals surface area (Å²) in [6, 6.07) is 5.17. The molecular formula is C14H17ClN2O2. The summed E-state index contributed by atoms with van der Waals surface area (Å²) < 4.78 is 0. The lowest BCUT2D eigenvalue weighted by Crippen LogP contribution is -2.45. The number of nitrogens with one attached hydrogen (secondary N) is 1. The number of aromatic amines is 1. The normalized spacial score (nSPS) is 21.4. The minimum atomic E-state index is -1.89. The molecule has 102 valence electrons. The first-order valence-corrected chi connectivity index (χ1v) is 6.80. The van der Waals surface area contributed by atoms with Crippen molar-refractivity contribution in [2.45, 2.75) is 24.7 Å². The summed E-state index contributed by atoms with van der Waals surface area (Å²) in [6.45, 7) is 0.879. The third-order valence-electron chi connectivity index (χ3n) is 4.04. The molecular weight excluding hydrogens is 264 g/mol. The number of likely N-dealkylation sites (N-methyl/N-ethyl adjacent to an activating group) is 1. The predicted octanol–water partition coefficient (Wildman–Crippen LogP) is 2.05. The SMILES string of the molecule is CN1CCCC1C(O)(O)c1c[nH]c2cccc(Cl)c12. The zero-order chi connectivity index (χ0) is 13.6. The third-order valence-corrected chi connectivity index (χ3v) is 4.35. The zero-order valence-corrected chi connectivity index (χ0v) is 11.5. The minimum Gasteiger partial charge on any atom is -0.361 e. The quantitative estimate of drug-likeness (QED) is 0.738. The first-order chi connectivity index (χ1) is 9.01. The molecule has 0 aliphatic carbocycles. The summed E-state index contributed by atoms with van der Waals surface area (Å²) in [5, 5.41) is 22.4. The van der Waals surface area contributed by atoms with E-state index >= 15 is 0 Å². The van der Waals surface area contributed by atoms with Gasteiger partial charge in [-0.3, -0.25) is 4.90 Å². The number of halogens is 1. The molecule has 5 heteroatoms. The summed E-state index contributed by atoms with van der Waals surface area (Å²) in [5.41, 5.74) is 1.27. The maximum absolute atomic E-state index is 10.6. The second-order valence-electron chi connectivity index (χ2n) is 5.23. The molecule has 1 saturated heterocycles.